The summed E-state index contributed by atoms with van der Waals surface area (Å²) in [5.41, 5.74) is 0. The lowest BCUT2D eigenvalue weighted by atomic mass is 10.0. The number of hydrogen-bond donors (Lipinski definition) is 1. The number of carbonyl (C=O) groups is 1. The van der Waals surface area contributed by atoms with Crippen LogP contribution in [-0.4, -0.2) is 11.1 Å². The van der Waals surface area contributed by atoms with Crippen molar-refractivity contribution in [2.45, 2.75) is 174 Å². The highest BCUT2D eigenvalue weighted by molar-refractivity contribution is 5.66. The molecule has 0 fully saturated rings. The van der Waals surface area contributed by atoms with Gasteiger partial charge in [0, 0.05) is 6.42 Å². The van der Waals surface area contributed by atoms with E-state index in [2.05, 4.69) is 19.1 Å². The molecule has 0 radical (unpaired) electrons. The van der Waals surface area contributed by atoms with Gasteiger partial charge < -0.3 is 5.11 Å². The van der Waals surface area contributed by atoms with Crippen molar-refractivity contribution in [3.63, 3.8) is 0 Å². The van der Waals surface area contributed by atoms with E-state index in [0.717, 1.165) is 12.8 Å². The molecule has 0 atom stereocenters. The van der Waals surface area contributed by atoms with E-state index in [9.17, 15) is 4.79 Å². The molecule has 2 nitrogen and oxygen atoms in total. The normalized spacial score (nSPS) is 11.5. The van der Waals surface area contributed by atoms with Gasteiger partial charge in [-0.05, 0) is 25.7 Å². The van der Waals surface area contributed by atoms with Crippen molar-refractivity contribution in [2.24, 2.45) is 0 Å². The van der Waals surface area contributed by atoms with Crippen molar-refractivity contribution in [3.05, 3.63) is 12.2 Å². The van der Waals surface area contributed by atoms with Gasteiger partial charge in [-0.1, -0.05) is 154 Å². The number of carboxylic acid groups (broad SMARTS) is 1. The standard InChI is InChI=1S/C30H58O2/c1-2-3-4-5-6-7-8-9-10-11-12-13-14-15-16-17-18-19-20-21-22-23-24-25-26-27-28-29-30(31)32/h5-6H,2-4,7-29H2,1H3,(H,31,32). The van der Waals surface area contributed by atoms with E-state index in [-0.39, 0.29) is 0 Å². The Morgan fingerprint density at radius 1 is 0.469 bits per heavy atom. The molecule has 0 aromatic rings. The molecule has 1 N–H and O–H groups in total. The molecule has 0 aromatic carbocycles. The second kappa shape index (κ2) is 28.2. The van der Waals surface area contributed by atoms with Gasteiger partial charge in [-0.25, -0.2) is 0 Å². The Labute approximate surface area is 202 Å². The summed E-state index contributed by atoms with van der Waals surface area (Å²) in [6.45, 7) is 2.26. The molecule has 2 heteroatoms. The molecule has 0 unspecified atom stereocenters. The summed E-state index contributed by atoms with van der Waals surface area (Å²) in [6, 6.07) is 0. The van der Waals surface area contributed by atoms with Gasteiger partial charge in [0.05, 0.1) is 0 Å². The van der Waals surface area contributed by atoms with Gasteiger partial charge in [0.2, 0.25) is 0 Å². The average Bonchev–Trinajstić information content (AvgIpc) is 2.78. The highest BCUT2D eigenvalue weighted by atomic mass is 16.4. The Balaban J connectivity index is 3.04. The molecule has 0 amide bonds. The number of rotatable bonds is 27. The van der Waals surface area contributed by atoms with E-state index < -0.39 is 5.97 Å². The fraction of sp³-hybridized carbons (Fsp3) is 0.900. The lowest BCUT2D eigenvalue weighted by Crippen LogP contribution is -1.93. The first-order valence-corrected chi connectivity index (χ1v) is 14.6. The smallest absolute Gasteiger partial charge is 0.303 e. The van der Waals surface area contributed by atoms with Crippen molar-refractivity contribution in [1.82, 2.24) is 0 Å². The average molecular weight is 451 g/mol. The van der Waals surface area contributed by atoms with Crippen LogP contribution in [0.1, 0.15) is 174 Å². The summed E-state index contributed by atoms with van der Waals surface area (Å²) in [4.78, 5) is 10.4. The van der Waals surface area contributed by atoms with Gasteiger partial charge in [-0.3, -0.25) is 4.79 Å². The topological polar surface area (TPSA) is 37.3 Å². The van der Waals surface area contributed by atoms with Crippen LogP contribution >= 0.6 is 0 Å². The predicted molar refractivity (Wildman–Crippen MR) is 142 cm³/mol. The van der Waals surface area contributed by atoms with Gasteiger partial charge in [-0.15, -0.1) is 0 Å². The van der Waals surface area contributed by atoms with Crippen LogP contribution in [0.25, 0.3) is 0 Å². The summed E-state index contributed by atoms with van der Waals surface area (Å²) < 4.78 is 0. The van der Waals surface area contributed by atoms with Gasteiger partial charge in [-0.2, -0.15) is 0 Å². The third-order valence-corrected chi connectivity index (χ3v) is 6.65. The molecule has 0 spiro atoms. The minimum atomic E-state index is -0.650. The zero-order valence-corrected chi connectivity index (χ0v) is 21.9. The molecule has 0 saturated heterocycles. The molecule has 0 bridgehead atoms. The van der Waals surface area contributed by atoms with Crippen LogP contribution in [0.3, 0.4) is 0 Å². The van der Waals surface area contributed by atoms with E-state index in [1.165, 1.54) is 148 Å². The van der Waals surface area contributed by atoms with Crippen molar-refractivity contribution in [1.29, 1.82) is 0 Å². The molecule has 0 aliphatic rings. The maximum Gasteiger partial charge on any atom is 0.303 e. The first-order valence-electron chi connectivity index (χ1n) is 14.6. The molecule has 0 aliphatic carbocycles. The Bertz CT molecular complexity index is 388. The van der Waals surface area contributed by atoms with E-state index in [1.54, 1.807) is 0 Å². The highest BCUT2D eigenvalue weighted by Crippen LogP contribution is 2.15. The maximum absolute atomic E-state index is 10.4. The Morgan fingerprint density at radius 2 is 0.750 bits per heavy atom. The fourth-order valence-corrected chi connectivity index (χ4v) is 4.45. The Morgan fingerprint density at radius 3 is 1.06 bits per heavy atom. The zero-order valence-electron chi connectivity index (χ0n) is 21.9. The summed E-state index contributed by atoms with van der Waals surface area (Å²) in [5.74, 6) is -0.650. The van der Waals surface area contributed by atoms with Crippen LogP contribution in [-0.2, 0) is 4.79 Å². The van der Waals surface area contributed by atoms with Gasteiger partial charge in [0.25, 0.3) is 0 Å². The third-order valence-electron chi connectivity index (χ3n) is 6.65. The summed E-state index contributed by atoms with van der Waals surface area (Å²) in [6.07, 6.45) is 39.0. The van der Waals surface area contributed by atoms with Gasteiger partial charge >= 0.3 is 5.97 Å². The minimum absolute atomic E-state index is 0.345. The van der Waals surface area contributed by atoms with Crippen LogP contribution < -0.4 is 0 Å². The molecule has 190 valence electrons. The predicted octanol–water partition coefficient (Wildman–Crippen LogP) is 10.8. The molecule has 0 saturated carbocycles. The van der Waals surface area contributed by atoms with Gasteiger partial charge in [0.1, 0.15) is 0 Å². The minimum Gasteiger partial charge on any atom is -0.481 e. The quantitative estimate of drug-likeness (QED) is 0.0997. The zero-order chi connectivity index (χ0) is 23.4. The van der Waals surface area contributed by atoms with Crippen LogP contribution in [0.2, 0.25) is 0 Å². The highest BCUT2D eigenvalue weighted by Gasteiger charge is 1.97. The lowest BCUT2D eigenvalue weighted by Gasteiger charge is -2.04. The Kier molecular flexibility index (Phi) is 27.5. The number of hydrogen-bond acceptors (Lipinski definition) is 1. The fourth-order valence-electron chi connectivity index (χ4n) is 4.45. The summed E-state index contributed by atoms with van der Waals surface area (Å²) >= 11 is 0. The van der Waals surface area contributed by atoms with Crippen molar-refractivity contribution < 1.29 is 9.90 Å². The summed E-state index contributed by atoms with van der Waals surface area (Å²) in [5, 5.41) is 8.60. The Hall–Kier alpha value is -0.790. The number of carboxylic acids is 1. The number of allylic oxidation sites excluding steroid dienone is 2. The van der Waals surface area contributed by atoms with Crippen molar-refractivity contribution in [3.8, 4) is 0 Å². The molecule has 32 heavy (non-hydrogen) atoms. The van der Waals surface area contributed by atoms with E-state index in [1.807, 2.05) is 0 Å². The van der Waals surface area contributed by atoms with Crippen LogP contribution in [0.4, 0.5) is 0 Å². The summed E-state index contributed by atoms with van der Waals surface area (Å²) in [7, 11) is 0. The van der Waals surface area contributed by atoms with Crippen LogP contribution in [0.5, 0.6) is 0 Å². The SMILES string of the molecule is CCCCC=CCCCCCCCCCCCCCCCCCCCCCCCC(=O)O. The second-order valence-corrected chi connectivity index (χ2v) is 9.97. The van der Waals surface area contributed by atoms with E-state index in [4.69, 9.17) is 5.11 Å². The van der Waals surface area contributed by atoms with E-state index >= 15 is 0 Å². The van der Waals surface area contributed by atoms with Crippen LogP contribution in [0.15, 0.2) is 12.2 Å². The molecular weight excluding hydrogens is 392 g/mol. The number of unbranched alkanes of at least 4 members (excludes halogenated alkanes) is 23. The first-order chi connectivity index (χ1) is 15.8. The monoisotopic (exact) mass is 450 g/mol. The van der Waals surface area contributed by atoms with Crippen molar-refractivity contribution in [2.75, 3.05) is 0 Å². The van der Waals surface area contributed by atoms with Crippen molar-refractivity contribution >= 4 is 5.97 Å². The maximum atomic E-state index is 10.4. The molecular formula is C30H58O2. The third kappa shape index (κ3) is 29.2. The molecule has 0 aromatic heterocycles. The largest absolute Gasteiger partial charge is 0.481 e. The molecule has 0 heterocycles. The molecule has 0 rings (SSSR count). The molecule has 0 aliphatic heterocycles. The number of aliphatic carboxylic acids is 1. The van der Waals surface area contributed by atoms with E-state index in [0.29, 0.717) is 6.42 Å². The first kappa shape index (κ1) is 31.2. The second-order valence-electron chi connectivity index (χ2n) is 9.97. The van der Waals surface area contributed by atoms with Gasteiger partial charge in [0.15, 0.2) is 0 Å². The van der Waals surface area contributed by atoms with Crippen LogP contribution in [0, 0.1) is 0 Å². The lowest BCUT2D eigenvalue weighted by molar-refractivity contribution is -0.137.